The zero-order valence-corrected chi connectivity index (χ0v) is 11.1. The van der Waals surface area contributed by atoms with E-state index in [9.17, 15) is 0 Å². The van der Waals surface area contributed by atoms with Gasteiger partial charge in [-0.3, -0.25) is 0 Å². The number of thiocarbonyl (C=S) groups is 1. The maximum absolute atomic E-state index is 5.24. The Morgan fingerprint density at radius 1 is 1.65 bits per heavy atom. The molecule has 1 aromatic heterocycles. The van der Waals surface area contributed by atoms with Crippen molar-refractivity contribution < 1.29 is 4.74 Å². The fraction of sp³-hybridized carbons (Fsp3) is 0.636. The second kappa shape index (κ2) is 8.03. The number of nitrogens with one attached hydrogen (secondary N) is 3. The number of hydrogen-bond acceptors (Lipinski definition) is 3. The average Bonchev–Trinajstić information content (AvgIpc) is 2.82. The van der Waals surface area contributed by atoms with Gasteiger partial charge in [-0.25, -0.2) is 4.98 Å². The third-order valence-corrected chi connectivity index (χ3v) is 2.49. The fourth-order valence-electron chi connectivity index (χ4n) is 1.35. The Morgan fingerprint density at radius 2 is 2.47 bits per heavy atom. The minimum absolute atomic E-state index is 0.0805. The molecule has 0 fully saturated rings. The Bertz CT molecular complexity index is 315. The Kier molecular flexibility index (Phi) is 6.57. The summed E-state index contributed by atoms with van der Waals surface area (Å²) >= 11 is 5.18. The number of imidazole rings is 1. The smallest absolute Gasteiger partial charge is 0.166 e. The van der Waals surface area contributed by atoms with Crippen molar-refractivity contribution in [3.05, 3.63) is 18.2 Å². The molecular weight excluding hydrogens is 236 g/mol. The molecule has 1 heterocycles. The first-order chi connectivity index (χ1) is 8.24. The lowest BCUT2D eigenvalue weighted by molar-refractivity contribution is 0.145. The van der Waals surface area contributed by atoms with Crippen LogP contribution in [-0.4, -0.2) is 34.8 Å². The van der Waals surface area contributed by atoms with E-state index in [1.807, 2.05) is 13.8 Å². The number of aromatic amines is 1. The molecule has 1 atom stereocenters. The summed E-state index contributed by atoms with van der Waals surface area (Å²) in [6, 6.07) is 0.0805. The summed E-state index contributed by atoms with van der Waals surface area (Å²) in [6.45, 7) is 6.34. The van der Waals surface area contributed by atoms with Gasteiger partial charge < -0.3 is 20.4 Å². The Hall–Kier alpha value is -1.14. The monoisotopic (exact) mass is 256 g/mol. The van der Waals surface area contributed by atoms with Crippen molar-refractivity contribution >= 4 is 17.3 Å². The summed E-state index contributed by atoms with van der Waals surface area (Å²) in [5, 5.41) is 6.94. The van der Waals surface area contributed by atoms with Gasteiger partial charge in [0.1, 0.15) is 5.82 Å². The van der Waals surface area contributed by atoms with Gasteiger partial charge in [0.25, 0.3) is 0 Å². The van der Waals surface area contributed by atoms with E-state index in [0.717, 1.165) is 32.0 Å². The van der Waals surface area contributed by atoms with Crippen LogP contribution < -0.4 is 10.6 Å². The summed E-state index contributed by atoms with van der Waals surface area (Å²) in [5.41, 5.74) is 0. The van der Waals surface area contributed by atoms with Crippen LogP contribution in [0.1, 0.15) is 32.1 Å². The van der Waals surface area contributed by atoms with Crippen molar-refractivity contribution in [2.75, 3.05) is 19.8 Å². The van der Waals surface area contributed by atoms with E-state index >= 15 is 0 Å². The molecule has 0 aliphatic heterocycles. The lowest BCUT2D eigenvalue weighted by Crippen LogP contribution is -2.37. The molecule has 5 nitrogen and oxygen atoms in total. The molecule has 0 aliphatic carbocycles. The zero-order chi connectivity index (χ0) is 12.5. The number of aromatic nitrogens is 2. The van der Waals surface area contributed by atoms with E-state index in [-0.39, 0.29) is 6.04 Å². The van der Waals surface area contributed by atoms with E-state index in [0.29, 0.717) is 5.11 Å². The molecule has 1 rings (SSSR count). The van der Waals surface area contributed by atoms with Gasteiger partial charge in [-0.15, -0.1) is 0 Å². The molecule has 0 saturated carbocycles. The summed E-state index contributed by atoms with van der Waals surface area (Å²) in [7, 11) is 0. The van der Waals surface area contributed by atoms with Crippen molar-refractivity contribution in [1.29, 1.82) is 0 Å². The first-order valence-corrected chi connectivity index (χ1v) is 6.26. The van der Waals surface area contributed by atoms with Crippen molar-refractivity contribution in [2.45, 2.75) is 26.3 Å². The van der Waals surface area contributed by atoms with Gasteiger partial charge in [0.05, 0.1) is 6.04 Å². The molecule has 17 heavy (non-hydrogen) atoms. The minimum Gasteiger partial charge on any atom is -0.382 e. The van der Waals surface area contributed by atoms with Gasteiger partial charge in [-0.2, -0.15) is 0 Å². The van der Waals surface area contributed by atoms with Crippen LogP contribution in [0.3, 0.4) is 0 Å². The summed E-state index contributed by atoms with van der Waals surface area (Å²) in [4.78, 5) is 7.21. The molecule has 3 N–H and O–H groups in total. The maximum atomic E-state index is 5.24. The third kappa shape index (κ3) is 5.65. The molecule has 0 radical (unpaired) electrons. The number of hydrogen-bond donors (Lipinski definition) is 3. The Balaban J connectivity index is 2.12. The van der Waals surface area contributed by atoms with Gasteiger partial charge in [0.15, 0.2) is 5.11 Å². The molecular formula is C11H20N4OS. The van der Waals surface area contributed by atoms with Crippen LogP contribution >= 0.6 is 12.2 Å². The first kappa shape index (κ1) is 13.9. The van der Waals surface area contributed by atoms with Crippen molar-refractivity contribution in [3.8, 4) is 0 Å². The molecule has 0 aromatic carbocycles. The maximum Gasteiger partial charge on any atom is 0.166 e. The molecule has 0 amide bonds. The topological polar surface area (TPSA) is 62.0 Å². The standard InChI is InChI=1S/C11H20N4OS/c1-3-16-8-4-5-14-11(17)15-9(2)10-12-6-7-13-10/h6-7,9H,3-5,8H2,1-2H3,(H,12,13)(H2,14,15,17). The number of H-pyrrole nitrogens is 1. The predicted molar refractivity (Wildman–Crippen MR) is 71.8 cm³/mol. The highest BCUT2D eigenvalue weighted by atomic mass is 32.1. The van der Waals surface area contributed by atoms with Crippen molar-refractivity contribution in [3.63, 3.8) is 0 Å². The molecule has 1 aromatic rings. The van der Waals surface area contributed by atoms with Gasteiger partial charge in [-0.1, -0.05) is 0 Å². The highest BCUT2D eigenvalue weighted by molar-refractivity contribution is 7.80. The van der Waals surface area contributed by atoms with Gasteiger partial charge in [0, 0.05) is 32.2 Å². The van der Waals surface area contributed by atoms with Crippen LogP contribution in [-0.2, 0) is 4.74 Å². The van der Waals surface area contributed by atoms with Crippen LogP contribution in [0, 0.1) is 0 Å². The normalized spacial score (nSPS) is 12.1. The van der Waals surface area contributed by atoms with Gasteiger partial charge in [0.2, 0.25) is 0 Å². The van der Waals surface area contributed by atoms with Gasteiger partial charge in [-0.05, 0) is 32.5 Å². The molecule has 0 spiro atoms. The Labute approximate surface area is 107 Å². The van der Waals surface area contributed by atoms with Crippen LogP contribution in [0.25, 0.3) is 0 Å². The van der Waals surface area contributed by atoms with Crippen molar-refractivity contribution in [2.24, 2.45) is 0 Å². The summed E-state index contributed by atoms with van der Waals surface area (Å²) < 4.78 is 5.24. The van der Waals surface area contributed by atoms with E-state index in [1.165, 1.54) is 0 Å². The van der Waals surface area contributed by atoms with Crippen molar-refractivity contribution in [1.82, 2.24) is 20.6 Å². The van der Waals surface area contributed by atoms with Crippen LogP contribution in [0.4, 0.5) is 0 Å². The fourth-order valence-corrected chi connectivity index (χ4v) is 1.63. The molecule has 0 aliphatic rings. The molecule has 6 heteroatoms. The number of rotatable bonds is 7. The quantitative estimate of drug-likeness (QED) is 0.508. The average molecular weight is 256 g/mol. The van der Waals surface area contributed by atoms with E-state index < -0.39 is 0 Å². The number of ether oxygens (including phenoxy) is 1. The lowest BCUT2D eigenvalue weighted by atomic mass is 10.3. The highest BCUT2D eigenvalue weighted by Crippen LogP contribution is 2.04. The Morgan fingerprint density at radius 3 is 3.12 bits per heavy atom. The predicted octanol–water partition coefficient (Wildman–Crippen LogP) is 1.36. The highest BCUT2D eigenvalue weighted by Gasteiger charge is 2.07. The van der Waals surface area contributed by atoms with Crippen LogP contribution in [0.15, 0.2) is 12.4 Å². The second-order valence-electron chi connectivity index (χ2n) is 3.65. The number of nitrogens with zero attached hydrogens (tertiary/aromatic N) is 1. The molecule has 0 saturated heterocycles. The van der Waals surface area contributed by atoms with E-state index in [1.54, 1.807) is 12.4 Å². The molecule has 96 valence electrons. The molecule has 0 bridgehead atoms. The lowest BCUT2D eigenvalue weighted by Gasteiger charge is -2.15. The van der Waals surface area contributed by atoms with Gasteiger partial charge >= 0.3 is 0 Å². The van der Waals surface area contributed by atoms with Crippen LogP contribution in [0.2, 0.25) is 0 Å². The minimum atomic E-state index is 0.0805. The summed E-state index contributed by atoms with van der Waals surface area (Å²) in [6.07, 6.45) is 4.48. The third-order valence-electron chi connectivity index (χ3n) is 2.23. The first-order valence-electron chi connectivity index (χ1n) is 5.85. The summed E-state index contributed by atoms with van der Waals surface area (Å²) in [5.74, 6) is 0.878. The van der Waals surface area contributed by atoms with E-state index in [4.69, 9.17) is 17.0 Å². The SMILES string of the molecule is CCOCCCNC(=S)NC(C)c1ncc[nH]1. The van der Waals surface area contributed by atoms with Crippen LogP contribution in [0.5, 0.6) is 0 Å². The zero-order valence-electron chi connectivity index (χ0n) is 10.3. The van der Waals surface area contributed by atoms with E-state index in [2.05, 4.69) is 20.6 Å². The largest absolute Gasteiger partial charge is 0.382 e. The second-order valence-corrected chi connectivity index (χ2v) is 4.06. The molecule has 1 unspecified atom stereocenters.